The summed E-state index contributed by atoms with van der Waals surface area (Å²) in [5.74, 6) is -0.556. The Hall–Kier alpha value is -2.93. The number of benzene rings is 3. The molecule has 0 heterocycles. The van der Waals surface area contributed by atoms with Gasteiger partial charge >= 0.3 is 0 Å². The number of allylic oxidation sites excluding steroid dienone is 2. The Bertz CT molecular complexity index is 1110. The third-order valence-corrected chi connectivity index (χ3v) is 6.41. The first-order valence-electron chi connectivity index (χ1n) is 9.74. The van der Waals surface area contributed by atoms with E-state index in [0.29, 0.717) is 11.1 Å². The number of nitrogens with two attached hydrogens (primary N) is 1. The summed E-state index contributed by atoms with van der Waals surface area (Å²) in [7, 11) is 0. The quantitative estimate of drug-likeness (QED) is 0.377. The van der Waals surface area contributed by atoms with E-state index in [1.165, 1.54) is 5.56 Å². The van der Waals surface area contributed by atoms with E-state index in [-0.39, 0.29) is 32.9 Å². The van der Waals surface area contributed by atoms with Gasteiger partial charge in [-0.15, -0.1) is 0 Å². The molecule has 3 aromatic rings. The highest BCUT2D eigenvalue weighted by atomic mass is 127. The van der Waals surface area contributed by atoms with Crippen LogP contribution in [-0.4, -0.2) is 15.5 Å². The molecule has 1 aliphatic rings. The fraction of sp³-hybridized carbons (Fsp3) is 0.120. The molecule has 0 saturated carbocycles. The van der Waals surface area contributed by atoms with Gasteiger partial charge in [0.05, 0.1) is 6.04 Å². The number of fused-ring (bicyclic) bond motifs is 1. The van der Waals surface area contributed by atoms with E-state index in [1.54, 1.807) is 24.3 Å². The first kappa shape index (κ1) is 20.3. The number of rotatable bonds is 6. The van der Waals surface area contributed by atoms with Crippen molar-refractivity contribution < 1.29 is 9.59 Å². The van der Waals surface area contributed by atoms with Crippen molar-refractivity contribution in [3.63, 3.8) is 0 Å². The molecule has 3 N–H and O–H groups in total. The fourth-order valence-electron chi connectivity index (χ4n) is 3.69. The standard InChI is InChI=1S/C25H21IN2O2/c26-20(15-16-9-3-1-4-10-16)22(17-11-5-2-6-12-17)28-23-21(27)24(29)18-13-7-8-14-19(18)25(23)30/h1-14,20,22,28H,15,27H2. The van der Waals surface area contributed by atoms with E-state index in [1.807, 2.05) is 48.5 Å². The van der Waals surface area contributed by atoms with Crippen LogP contribution in [0.25, 0.3) is 0 Å². The number of alkyl halides is 1. The molecule has 0 fully saturated rings. The van der Waals surface area contributed by atoms with Gasteiger partial charge in [-0.1, -0.05) is 108 Å². The van der Waals surface area contributed by atoms with Crippen LogP contribution in [-0.2, 0) is 6.42 Å². The van der Waals surface area contributed by atoms with Crippen LogP contribution in [0.1, 0.15) is 37.9 Å². The lowest BCUT2D eigenvalue weighted by molar-refractivity contribution is 0.0965. The SMILES string of the molecule is NC1=C(NC(c2ccccc2)C(I)Cc2ccccc2)C(=O)c2ccccc2C1=O. The number of ketones is 2. The van der Waals surface area contributed by atoms with Crippen LogP contribution in [0.3, 0.4) is 0 Å². The summed E-state index contributed by atoms with van der Waals surface area (Å²) in [6.07, 6.45) is 0.805. The summed E-state index contributed by atoms with van der Waals surface area (Å²) in [6, 6.07) is 26.8. The van der Waals surface area contributed by atoms with Crippen molar-refractivity contribution in [2.24, 2.45) is 5.73 Å². The van der Waals surface area contributed by atoms with Crippen molar-refractivity contribution in [2.45, 2.75) is 16.4 Å². The second kappa shape index (κ2) is 8.83. The number of Topliss-reactive ketones (excluding diaryl/α,β-unsaturated/α-hetero) is 2. The van der Waals surface area contributed by atoms with Crippen molar-refractivity contribution in [3.05, 3.63) is 119 Å². The molecule has 0 bridgehead atoms. The normalized spacial score (nSPS) is 15.5. The summed E-state index contributed by atoms with van der Waals surface area (Å²) < 4.78 is 0.118. The lowest BCUT2D eigenvalue weighted by Crippen LogP contribution is -2.38. The van der Waals surface area contributed by atoms with Crippen molar-refractivity contribution in [2.75, 3.05) is 0 Å². The molecule has 0 aliphatic heterocycles. The Morgan fingerprint density at radius 2 is 1.30 bits per heavy atom. The molecule has 2 atom stereocenters. The predicted octanol–water partition coefficient (Wildman–Crippen LogP) is 4.61. The van der Waals surface area contributed by atoms with Crippen LogP contribution >= 0.6 is 22.6 Å². The highest BCUT2D eigenvalue weighted by Gasteiger charge is 2.33. The second-order valence-electron chi connectivity index (χ2n) is 7.23. The topological polar surface area (TPSA) is 72.2 Å². The molecule has 150 valence electrons. The Balaban J connectivity index is 1.69. The van der Waals surface area contributed by atoms with Crippen molar-refractivity contribution >= 4 is 34.2 Å². The van der Waals surface area contributed by atoms with Gasteiger partial charge in [0, 0.05) is 15.1 Å². The molecule has 0 saturated heterocycles. The second-order valence-corrected chi connectivity index (χ2v) is 8.83. The van der Waals surface area contributed by atoms with Crippen molar-refractivity contribution in [1.82, 2.24) is 5.32 Å². The van der Waals surface area contributed by atoms with Crippen molar-refractivity contribution in [1.29, 1.82) is 0 Å². The minimum atomic E-state index is -0.312. The monoisotopic (exact) mass is 508 g/mol. The molecule has 1 aliphatic carbocycles. The zero-order valence-corrected chi connectivity index (χ0v) is 18.4. The number of halogens is 1. The Morgan fingerprint density at radius 3 is 1.93 bits per heavy atom. The van der Waals surface area contributed by atoms with Gasteiger partial charge in [-0.25, -0.2) is 0 Å². The van der Waals surface area contributed by atoms with E-state index < -0.39 is 0 Å². The van der Waals surface area contributed by atoms with Gasteiger partial charge < -0.3 is 11.1 Å². The summed E-state index contributed by atoms with van der Waals surface area (Å²) in [4.78, 5) is 25.9. The van der Waals surface area contributed by atoms with Gasteiger partial charge in [0.1, 0.15) is 11.4 Å². The van der Waals surface area contributed by atoms with Gasteiger partial charge in [0.2, 0.25) is 11.6 Å². The maximum absolute atomic E-state index is 13.2. The molecule has 2 unspecified atom stereocenters. The smallest absolute Gasteiger partial charge is 0.211 e. The molecule has 0 amide bonds. The van der Waals surface area contributed by atoms with Crippen LogP contribution in [0.5, 0.6) is 0 Å². The van der Waals surface area contributed by atoms with Crippen molar-refractivity contribution in [3.8, 4) is 0 Å². The summed E-state index contributed by atoms with van der Waals surface area (Å²) in [6.45, 7) is 0. The van der Waals surface area contributed by atoms with E-state index in [2.05, 4.69) is 40.0 Å². The van der Waals surface area contributed by atoms with Crippen LogP contribution in [0.15, 0.2) is 96.3 Å². The molecule has 0 spiro atoms. The fourth-order valence-corrected chi connectivity index (χ4v) is 4.80. The van der Waals surface area contributed by atoms with Gasteiger partial charge in [0.25, 0.3) is 0 Å². The van der Waals surface area contributed by atoms with Gasteiger partial charge in [-0.05, 0) is 17.5 Å². The third-order valence-electron chi connectivity index (χ3n) is 5.25. The van der Waals surface area contributed by atoms with Crippen LogP contribution in [0.2, 0.25) is 0 Å². The summed E-state index contributed by atoms with van der Waals surface area (Å²) in [5, 5.41) is 3.34. The molecule has 4 rings (SSSR count). The number of carbonyl (C=O) groups is 2. The van der Waals surface area contributed by atoms with E-state index in [9.17, 15) is 9.59 Å². The van der Waals surface area contributed by atoms with Gasteiger partial charge in [0.15, 0.2) is 0 Å². The summed E-state index contributed by atoms with van der Waals surface area (Å²) in [5.41, 5.74) is 9.30. The lowest BCUT2D eigenvalue weighted by atomic mass is 9.89. The number of hydrogen-bond acceptors (Lipinski definition) is 4. The molecule has 30 heavy (non-hydrogen) atoms. The van der Waals surface area contributed by atoms with Crippen LogP contribution in [0.4, 0.5) is 0 Å². The minimum Gasteiger partial charge on any atom is -0.394 e. The van der Waals surface area contributed by atoms with Crippen LogP contribution < -0.4 is 11.1 Å². The van der Waals surface area contributed by atoms with Gasteiger partial charge in [-0.2, -0.15) is 0 Å². The number of nitrogens with one attached hydrogen (secondary N) is 1. The molecule has 5 heteroatoms. The zero-order valence-electron chi connectivity index (χ0n) is 16.2. The number of hydrogen-bond donors (Lipinski definition) is 2. The Kier molecular flexibility index (Phi) is 5.99. The van der Waals surface area contributed by atoms with E-state index in [4.69, 9.17) is 5.73 Å². The maximum atomic E-state index is 13.2. The molecule has 3 aromatic carbocycles. The minimum absolute atomic E-state index is 0.0251. The number of carbonyl (C=O) groups excluding carboxylic acids is 2. The Morgan fingerprint density at radius 1 is 0.767 bits per heavy atom. The maximum Gasteiger partial charge on any atom is 0.211 e. The molecular formula is C25H21IN2O2. The third kappa shape index (κ3) is 4.03. The first-order valence-corrected chi connectivity index (χ1v) is 11.0. The highest BCUT2D eigenvalue weighted by molar-refractivity contribution is 14.1. The predicted molar refractivity (Wildman–Crippen MR) is 127 cm³/mol. The molecule has 4 nitrogen and oxygen atoms in total. The summed E-state index contributed by atoms with van der Waals surface area (Å²) >= 11 is 2.40. The first-order chi connectivity index (χ1) is 14.6. The van der Waals surface area contributed by atoms with Crippen LogP contribution in [0, 0.1) is 0 Å². The molecule has 0 aromatic heterocycles. The van der Waals surface area contributed by atoms with Gasteiger partial charge in [-0.3, -0.25) is 9.59 Å². The zero-order chi connectivity index (χ0) is 21.1. The van der Waals surface area contributed by atoms with E-state index in [0.717, 1.165) is 12.0 Å². The highest BCUT2D eigenvalue weighted by Crippen LogP contribution is 2.30. The average molecular weight is 508 g/mol. The molecule has 0 radical (unpaired) electrons. The Labute approximate surface area is 189 Å². The molecular weight excluding hydrogens is 487 g/mol. The van der Waals surface area contributed by atoms with E-state index >= 15 is 0 Å². The lowest BCUT2D eigenvalue weighted by Gasteiger charge is -2.29. The largest absolute Gasteiger partial charge is 0.394 e. The average Bonchev–Trinajstić information content (AvgIpc) is 2.79.